The summed E-state index contributed by atoms with van der Waals surface area (Å²) in [4.78, 5) is 28.0. The first-order valence-electron chi connectivity index (χ1n) is 8.31. The van der Waals surface area contributed by atoms with Crippen LogP contribution in [0.25, 0.3) is 0 Å². The fraction of sp³-hybridized carbons (Fsp3) is 0.263. The van der Waals surface area contributed by atoms with Crippen molar-refractivity contribution in [1.29, 1.82) is 0 Å². The summed E-state index contributed by atoms with van der Waals surface area (Å²) in [6, 6.07) is 14.2. The molecule has 1 saturated heterocycles. The maximum Gasteiger partial charge on any atom is 0.337 e. The lowest BCUT2D eigenvalue weighted by Crippen LogP contribution is -2.50. The second-order valence-corrected chi connectivity index (χ2v) is 6.39. The van der Waals surface area contributed by atoms with Crippen molar-refractivity contribution in [2.75, 3.05) is 43.5 Å². The van der Waals surface area contributed by atoms with Crippen molar-refractivity contribution >= 4 is 35.0 Å². The lowest BCUT2D eigenvalue weighted by atomic mass is 10.2. The lowest BCUT2D eigenvalue weighted by Gasteiger charge is -2.36. The van der Waals surface area contributed by atoms with Crippen molar-refractivity contribution in [3.63, 3.8) is 0 Å². The van der Waals surface area contributed by atoms with E-state index >= 15 is 0 Å². The molecule has 0 aliphatic carbocycles. The van der Waals surface area contributed by atoms with Crippen molar-refractivity contribution in [2.24, 2.45) is 0 Å². The number of urea groups is 1. The van der Waals surface area contributed by atoms with E-state index in [9.17, 15) is 9.59 Å². The Morgan fingerprint density at radius 1 is 1.04 bits per heavy atom. The van der Waals surface area contributed by atoms with Crippen LogP contribution in [0.1, 0.15) is 10.4 Å². The summed E-state index contributed by atoms with van der Waals surface area (Å²) >= 11 is 5.92. The van der Waals surface area contributed by atoms with E-state index in [2.05, 4.69) is 10.2 Å². The van der Waals surface area contributed by atoms with E-state index in [4.69, 9.17) is 16.3 Å². The molecule has 1 aliphatic heterocycles. The number of esters is 1. The molecule has 1 heterocycles. The molecule has 0 bridgehead atoms. The molecular weight excluding hydrogens is 354 g/mol. The minimum absolute atomic E-state index is 0.178. The van der Waals surface area contributed by atoms with Gasteiger partial charge in [-0.05, 0) is 42.5 Å². The molecule has 1 N–H and O–H groups in total. The van der Waals surface area contributed by atoms with E-state index < -0.39 is 5.97 Å². The summed E-state index contributed by atoms with van der Waals surface area (Å²) in [5, 5.41) is 3.55. The molecule has 0 spiro atoms. The van der Waals surface area contributed by atoms with Crippen LogP contribution in [-0.4, -0.2) is 50.2 Å². The van der Waals surface area contributed by atoms with Crippen molar-refractivity contribution in [1.82, 2.24) is 4.90 Å². The normalized spacial score (nSPS) is 14.1. The molecule has 0 atom stereocenters. The Labute approximate surface area is 157 Å². The van der Waals surface area contributed by atoms with Gasteiger partial charge >= 0.3 is 12.0 Å². The number of amides is 2. The van der Waals surface area contributed by atoms with Crippen LogP contribution in [0.2, 0.25) is 5.02 Å². The maximum absolute atomic E-state index is 12.5. The van der Waals surface area contributed by atoms with Gasteiger partial charge in [-0.3, -0.25) is 0 Å². The zero-order chi connectivity index (χ0) is 18.5. The number of methoxy groups -OCH3 is 1. The van der Waals surface area contributed by atoms with Crippen LogP contribution in [0.5, 0.6) is 0 Å². The Hall–Kier alpha value is -2.73. The number of carbonyl (C=O) groups excluding carboxylic acids is 2. The number of nitrogens with zero attached hydrogens (tertiary/aromatic N) is 2. The van der Waals surface area contributed by atoms with Gasteiger partial charge in [0.25, 0.3) is 0 Å². The van der Waals surface area contributed by atoms with Crippen LogP contribution in [-0.2, 0) is 4.74 Å². The quantitative estimate of drug-likeness (QED) is 0.837. The number of hydrogen-bond donors (Lipinski definition) is 1. The van der Waals surface area contributed by atoms with Gasteiger partial charge in [0, 0.05) is 42.6 Å². The molecule has 1 fully saturated rings. The third-order valence-electron chi connectivity index (χ3n) is 4.29. The van der Waals surface area contributed by atoms with Gasteiger partial charge in [0.05, 0.1) is 12.7 Å². The smallest absolute Gasteiger partial charge is 0.337 e. The number of hydrogen-bond acceptors (Lipinski definition) is 4. The van der Waals surface area contributed by atoms with Gasteiger partial charge in [-0.15, -0.1) is 0 Å². The Morgan fingerprint density at radius 3 is 2.38 bits per heavy atom. The third-order valence-corrected chi connectivity index (χ3v) is 4.55. The van der Waals surface area contributed by atoms with Crippen LogP contribution < -0.4 is 10.2 Å². The van der Waals surface area contributed by atoms with E-state index in [-0.39, 0.29) is 6.03 Å². The van der Waals surface area contributed by atoms with Gasteiger partial charge in [-0.1, -0.05) is 17.7 Å². The highest BCUT2D eigenvalue weighted by Gasteiger charge is 2.21. The van der Waals surface area contributed by atoms with Gasteiger partial charge in [-0.2, -0.15) is 0 Å². The molecular formula is C19H20ClN3O3. The molecule has 136 valence electrons. The number of ether oxygens (including phenoxy) is 1. The Morgan fingerprint density at radius 2 is 1.73 bits per heavy atom. The minimum atomic E-state index is -0.433. The van der Waals surface area contributed by atoms with Crippen LogP contribution in [0, 0.1) is 0 Å². The van der Waals surface area contributed by atoms with E-state index in [1.54, 1.807) is 29.2 Å². The van der Waals surface area contributed by atoms with Crippen LogP contribution in [0.15, 0.2) is 48.5 Å². The number of carbonyl (C=O) groups is 2. The molecule has 3 rings (SSSR count). The average Bonchev–Trinajstić information content (AvgIpc) is 2.68. The van der Waals surface area contributed by atoms with E-state index in [1.165, 1.54) is 7.11 Å². The second kappa shape index (κ2) is 8.10. The van der Waals surface area contributed by atoms with E-state index in [1.807, 2.05) is 24.3 Å². The summed E-state index contributed by atoms with van der Waals surface area (Å²) in [5.74, 6) is -0.433. The number of anilines is 2. The zero-order valence-corrected chi connectivity index (χ0v) is 15.2. The molecule has 2 aromatic carbocycles. The van der Waals surface area contributed by atoms with E-state index in [0.29, 0.717) is 29.4 Å². The van der Waals surface area contributed by atoms with Gasteiger partial charge in [0.2, 0.25) is 0 Å². The summed E-state index contributed by atoms with van der Waals surface area (Å²) in [7, 11) is 1.33. The Bertz CT molecular complexity index is 787. The lowest BCUT2D eigenvalue weighted by molar-refractivity contribution is 0.0600. The summed E-state index contributed by atoms with van der Waals surface area (Å²) in [6.45, 7) is 2.73. The molecule has 0 unspecified atom stereocenters. The molecule has 1 aliphatic rings. The topological polar surface area (TPSA) is 61.9 Å². The van der Waals surface area contributed by atoms with Crippen molar-refractivity contribution in [3.8, 4) is 0 Å². The molecule has 6 nitrogen and oxygen atoms in total. The fourth-order valence-electron chi connectivity index (χ4n) is 2.86. The predicted octanol–water partition coefficient (Wildman–Crippen LogP) is 3.48. The van der Waals surface area contributed by atoms with Crippen molar-refractivity contribution in [2.45, 2.75) is 0 Å². The third kappa shape index (κ3) is 4.26. The summed E-state index contributed by atoms with van der Waals surface area (Å²) in [6.07, 6.45) is 0. The van der Waals surface area contributed by atoms with Crippen LogP contribution >= 0.6 is 11.6 Å². The van der Waals surface area contributed by atoms with Crippen LogP contribution in [0.3, 0.4) is 0 Å². The predicted molar refractivity (Wildman–Crippen MR) is 102 cm³/mol. The van der Waals surface area contributed by atoms with Gasteiger partial charge in [0.15, 0.2) is 0 Å². The van der Waals surface area contributed by atoms with Gasteiger partial charge in [-0.25, -0.2) is 9.59 Å². The highest BCUT2D eigenvalue weighted by molar-refractivity contribution is 6.30. The van der Waals surface area contributed by atoms with Crippen molar-refractivity contribution < 1.29 is 14.3 Å². The van der Waals surface area contributed by atoms with Crippen molar-refractivity contribution in [3.05, 3.63) is 59.1 Å². The van der Waals surface area contributed by atoms with Crippen LogP contribution in [0.4, 0.5) is 16.2 Å². The molecule has 2 aromatic rings. The molecule has 0 saturated carbocycles. The van der Waals surface area contributed by atoms with Gasteiger partial charge in [0.1, 0.15) is 0 Å². The first kappa shape index (κ1) is 18.1. The number of rotatable bonds is 3. The maximum atomic E-state index is 12.5. The Balaban J connectivity index is 1.57. The molecule has 0 radical (unpaired) electrons. The largest absolute Gasteiger partial charge is 0.465 e. The van der Waals surface area contributed by atoms with E-state index in [0.717, 1.165) is 18.8 Å². The van der Waals surface area contributed by atoms with Gasteiger partial charge < -0.3 is 19.9 Å². The number of nitrogens with one attached hydrogen (secondary N) is 1. The zero-order valence-electron chi connectivity index (χ0n) is 14.4. The highest BCUT2D eigenvalue weighted by atomic mass is 35.5. The summed E-state index contributed by atoms with van der Waals surface area (Å²) in [5.41, 5.74) is 2.07. The molecule has 0 aromatic heterocycles. The molecule has 26 heavy (non-hydrogen) atoms. The number of halogens is 1. The monoisotopic (exact) mass is 373 g/mol. The summed E-state index contributed by atoms with van der Waals surface area (Å²) < 4.78 is 4.70. The highest BCUT2D eigenvalue weighted by Crippen LogP contribution is 2.20. The number of benzene rings is 2. The minimum Gasteiger partial charge on any atom is -0.465 e. The molecule has 2 amide bonds. The second-order valence-electron chi connectivity index (χ2n) is 5.95. The number of piperazine rings is 1. The standard InChI is InChI=1S/C19H20ClN3O3/c1-26-18(24)14-3-2-4-16(13-14)21-19(25)23-11-9-22(10-12-23)17-7-5-15(20)6-8-17/h2-8,13H,9-12H2,1H3,(H,21,25). The Kier molecular flexibility index (Phi) is 5.63. The fourth-order valence-corrected chi connectivity index (χ4v) is 2.99. The average molecular weight is 374 g/mol. The molecule has 7 heteroatoms. The first-order valence-corrected chi connectivity index (χ1v) is 8.69. The first-order chi connectivity index (χ1) is 12.6. The SMILES string of the molecule is COC(=O)c1cccc(NC(=O)N2CCN(c3ccc(Cl)cc3)CC2)c1.